The summed E-state index contributed by atoms with van der Waals surface area (Å²) in [5, 5.41) is 3.40. The lowest BCUT2D eigenvalue weighted by Gasteiger charge is -2.33. The van der Waals surface area contributed by atoms with Gasteiger partial charge in [0, 0.05) is 6.04 Å². The fraction of sp³-hybridized carbons (Fsp3) is 0.625. The van der Waals surface area contributed by atoms with Crippen LogP contribution in [0.25, 0.3) is 0 Å². The van der Waals surface area contributed by atoms with Crippen LogP contribution in [0.1, 0.15) is 33.1 Å². The molecule has 106 valence electrons. The number of likely N-dealkylation sites (N-methyl/N-ethyl adjacent to an activating group) is 1. The van der Waals surface area contributed by atoms with E-state index in [4.69, 9.17) is 9.47 Å². The van der Waals surface area contributed by atoms with Crippen molar-refractivity contribution >= 4 is 0 Å². The first-order valence-electron chi connectivity index (χ1n) is 7.34. The summed E-state index contributed by atoms with van der Waals surface area (Å²) >= 11 is 0. The Bertz CT molecular complexity index is 390. The van der Waals surface area contributed by atoms with Gasteiger partial charge in [-0.1, -0.05) is 38.8 Å². The van der Waals surface area contributed by atoms with E-state index >= 15 is 0 Å². The van der Waals surface area contributed by atoms with Crippen molar-refractivity contribution in [2.24, 2.45) is 5.92 Å². The number of hydrogen-bond donors (Lipinski definition) is 1. The fourth-order valence-corrected chi connectivity index (χ4v) is 2.67. The van der Waals surface area contributed by atoms with Gasteiger partial charge in [-0.25, -0.2) is 0 Å². The van der Waals surface area contributed by atoms with Gasteiger partial charge in [-0.05, 0) is 31.5 Å². The van der Waals surface area contributed by atoms with E-state index in [1.165, 1.54) is 12.8 Å². The Kier molecular flexibility index (Phi) is 5.08. The lowest BCUT2D eigenvalue weighted by molar-refractivity contribution is 0.0563. The van der Waals surface area contributed by atoms with Gasteiger partial charge in [0.1, 0.15) is 12.7 Å². The maximum absolute atomic E-state index is 6.09. The molecule has 19 heavy (non-hydrogen) atoms. The molecular formula is C16H25NO2. The predicted molar refractivity (Wildman–Crippen MR) is 77.9 cm³/mol. The van der Waals surface area contributed by atoms with Crippen LogP contribution in [0.15, 0.2) is 24.3 Å². The van der Waals surface area contributed by atoms with Crippen molar-refractivity contribution in [1.82, 2.24) is 5.32 Å². The van der Waals surface area contributed by atoms with Crippen molar-refractivity contribution in [1.29, 1.82) is 0 Å². The second-order valence-electron chi connectivity index (χ2n) is 5.23. The number of rotatable bonds is 6. The molecule has 2 unspecified atom stereocenters. The molecule has 1 aromatic carbocycles. The molecule has 0 spiro atoms. The Morgan fingerprint density at radius 2 is 1.89 bits per heavy atom. The summed E-state index contributed by atoms with van der Waals surface area (Å²) < 4.78 is 11.9. The Balaban J connectivity index is 2.01. The van der Waals surface area contributed by atoms with Crippen molar-refractivity contribution in [3.63, 3.8) is 0 Å². The molecule has 0 saturated heterocycles. The van der Waals surface area contributed by atoms with Gasteiger partial charge in [0.15, 0.2) is 11.5 Å². The molecule has 0 aromatic heterocycles. The highest BCUT2D eigenvalue weighted by Gasteiger charge is 2.29. The molecule has 1 heterocycles. The lowest BCUT2D eigenvalue weighted by atomic mass is 9.92. The van der Waals surface area contributed by atoms with Gasteiger partial charge in [-0.3, -0.25) is 0 Å². The number of hydrogen-bond acceptors (Lipinski definition) is 3. The third kappa shape index (κ3) is 3.41. The number of para-hydroxylation sites is 2. The minimum Gasteiger partial charge on any atom is -0.486 e. The standard InChI is InChI=1S/C16H25NO2/c1-4-12(5-2)10-13(17-3)16-11-18-14-8-6-7-9-15(14)19-16/h6-9,12-13,16-17H,4-5,10-11H2,1-3H3. The quantitative estimate of drug-likeness (QED) is 0.854. The Morgan fingerprint density at radius 1 is 1.21 bits per heavy atom. The number of benzene rings is 1. The van der Waals surface area contributed by atoms with E-state index in [-0.39, 0.29) is 6.10 Å². The first-order valence-corrected chi connectivity index (χ1v) is 7.34. The van der Waals surface area contributed by atoms with E-state index in [1.54, 1.807) is 0 Å². The van der Waals surface area contributed by atoms with Crippen LogP contribution in [0.3, 0.4) is 0 Å². The van der Waals surface area contributed by atoms with Crippen LogP contribution < -0.4 is 14.8 Å². The number of nitrogens with one attached hydrogen (secondary N) is 1. The summed E-state index contributed by atoms with van der Waals surface area (Å²) in [6, 6.07) is 8.24. The highest BCUT2D eigenvalue weighted by molar-refractivity contribution is 5.40. The summed E-state index contributed by atoms with van der Waals surface area (Å²) in [4.78, 5) is 0. The Labute approximate surface area is 116 Å². The molecule has 0 fully saturated rings. The molecule has 1 aliphatic rings. The monoisotopic (exact) mass is 263 g/mol. The van der Waals surface area contributed by atoms with Gasteiger partial charge in [0.05, 0.1) is 0 Å². The van der Waals surface area contributed by atoms with Crippen molar-refractivity contribution in [3.05, 3.63) is 24.3 Å². The summed E-state index contributed by atoms with van der Waals surface area (Å²) in [5.74, 6) is 2.47. The zero-order valence-corrected chi connectivity index (χ0v) is 12.2. The van der Waals surface area contributed by atoms with E-state index in [0.717, 1.165) is 23.8 Å². The maximum Gasteiger partial charge on any atom is 0.161 e. The van der Waals surface area contributed by atoms with Crippen LogP contribution in [0.5, 0.6) is 11.5 Å². The minimum atomic E-state index is 0.0977. The smallest absolute Gasteiger partial charge is 0.161 e. The van der Waals surface area contributed by atoms with E-state index in [9.17, 15) is 0 Å². The van der Waals surface area contributed by atoms with Crippen LogP contribution in [-0.4, -0.2) is 25.8 Å². The molecule has 2 atom stereocenters. The average molecular weight is 263 g/mol. The molecule has 0 bridgehead atoms. The first kappa shape index (κ1) is 14.2. The maximum atomic E-state index is 6.09. The van der Waals surface area contributed by atoms with Gasteiger partial charge >= 0.3 is 0 Å². The van der Waals surface area contributed by atoms with Crippen LogP contribution in [0, 0.1) is 5.92 Å². The molecule has 0 radical (unpaired) electrons. The average Bonchev–Trinajstić information content (AvgIpc) is 2.48. The van der Waals surface area contributed by atoms with Crippen LogP contribution in [0.4, 0.5) is 0 Å². The van der Waals surface area contributed by atoms with Gasteiger partial charge in [-0.15, -0.1) is 0 Å². The molecule has 1 N–H and O–H groups in total. The first-order chi connectivity index (χ1) is 9.28. The van der Waals surface area contributed by atoms with Crippen molar-refractivity contribution in [2.75, 3.05) is 13.7 Å². The molecule has 2 rings (SSSR count). The second kappa shape index (κ2) is 6.80. The van der Waals surface area contributed by atoms with Gasteiger partial charge in [0.25, 0.3) is 0 Å². The summed E-state index contributed by atoms with van der Waals surface area (Å²) in [5.41, 5.74) is 0. The third-order valence-electron chi connectivity index (χ3n) is 4.09. The summed E-state index contributed by atoms with van der Waals surface area (Å²) in [6.45, 7) is 5.14. The van der Waals surface area contributed by atoms with E-state index in [0.29, 0.717) is 12.6 Å². The van der Waals surface area contributed by atoms with E-state index < -0.39 is 0 Å². The Hall–Kier alpha value is -1.22. The van der Waals surface area contributed by atoms with Gasteiger partial charge in [0.2, 0.25) is 0 Å². The minimum absolute atomic E-state index is 0.0977. The van der Waals surface area contributed by atoms with Crippen molar-refractivity contribution in [3.8, 4) is 11.5 Å². The molecule has 0 aliphatic carbocycles. The topological polar surface area (TPSA) is 30.5 Å². The molecule has 1 aliphatic heterocycles. The SMILES string of the molecule is CCC(CC)CC(NC)C1COc2ccccc2O1. The zero-order valence-electron chi connectivity index (χ0n) is 12.2. The molecule has 0 saturated carbocycles. The summed E-state index contributed by atoms with van der Waals surface area (Å²) in [7, 11) is 2.01. The highest BCUT2D eigenvalue weighted by atomic mass is 16.6. The molecule has 1 aromatic rings. The lowest BCUT2D eigenvalue weighted by Crippen LogP contribution is -2.47. The van der Waals surface area contributed by atoms with E-state index in [1.807, 2.05) is 31.3 Å². The molecule has 3 nitrogen and oxygen atoms in total. The molecule has 0 amide bonds. The van der Waals surface area contributed by atoms with Crippen LogP contribution in [-0.2, 0) is 0 Å². The molecular weight excluding hydrogens is 238 g/mol. The van der Waals surface area contributed by atoms with Crippen molar-refractivity contribution < 1.29 is 9.47 Å². The zero-order chi connectivity index (χ0) is 13.7. The third-order valence-corrected chi connectivity index (χ3v) is 4.09. The summed E-state index contributed by atoms with van der Waals surface area (Å²) in [6.07, 6.45) is 3.68. The fourth-order valence-electron chi connectivity index (χ4n) is 2.67. The largest absolute Gasteiger partial charge is 0.486 e. The second-order valence-corrected chi connectivity index (χ2v) is 5.23. The number of fused-ring (bicyclic) bond motifs is 1. The highest BCUT2D eigenvalue weighted by Crippen LogP contribution is 2.32. The van der Waals surface area contributed by atoms with E-state index in [2.05, 4.69) is 19.2 Å². The normalized spacial score (nSPS) is 19.5. The van der Waals surface area contributed by atoms with Crippen LogP contribution in [0.2, 0.25) is 0 Å². The van der Waals surface area contributed by atoms with Crippen LogP contribution >= 0.6 is 0 Å². The van der Waals surface area contributed by atoms with Gasteiger partial charge < -0.3 is 14.8 Å². The Morgan fingerprint density at radius 3 is 2.53 bits per heavy atom. The van der Waals surface area contributed by atoms with Gasteiger partial charge in [-0.2, -0.15) is 0 Å². The molecule has 3 heteroatoms. The predicted octanol–water partition coefficient (Wildman–Crippen LogP) is 3.24. The van der Waals surface area contributed by atoms with Crippen molar-refractivity contribution in [2.45, 2.75) is 45.3 Å². The number of ether oxygens (including phenoxy) is 2.